The molecule has 116 valence electrons. The first-order valence-electron chi connectivity index (χ1n) is 7.82. The second kappa shape index (κ2) is 6.42. The summed E-state index contributed by atoms with van der Waals surface area (Å²) in [5, 5.41) is 0. The number of aromatic amines is 1. The standard InChI is InChI=1S/C21H16N2O/c1-3-7-16(8-4-1)19-12-11-18(24-17-9-5-2-6-10-17)15-20(19)21-22-13-14-23-21/h1-15H,(H,22,23). The third kappa shape index (κ3) is 2.92. The van der Waals surface area contributed by atoms with E-state index in [0.29, 0.717) is 0 Å². The fourth-order valence-electron chi connectivity index (χ4n) is 2.69. The molecule has 3 nitrogen and oxygen atoms in total. The SMILES string of the molecule is c1ccc(Oc2ccc(-c3ccccc3)c(-c3ncc[nH]3)c2)cc1. The quantitative estimate of drug-likeness (QED) is 0.537. The molecule has 0 aliphatic carbocycles. The molecule has 0 aliphatic heterocycles. The van der Waals surface area contributed by atoms with Gasteiger partial charge in [0.15, 0.2) is 0 Å². The van der Waals surface area contributed by atoms with E-state index in [4.69, 9.17) is 4.74 Å². The lowest BCUT2D eigenvalue weighted by Crippen LogP contribution is -1.90. The molecule has 0 aliphatic rings. The molecule has 0 saturated heterocycles. The lowest BCUT2D eigenvalue weighted by atomic mass is 9.99. The first-order chi connectivity index (χ1) is 11.9. The van der Waals surface area contributed by atoms with Gasteiger partial charge in [-0.05, 0) is 41.5 Å². The van der Waals surface area contributed by atoms with E-state index in [0.717, 1.165) is 34.0 Å². The summed E-state index contributed by atoms with van der Waals surface area (Å²) in [4.78, 5) is 7.60. The molecular weight excluding hydrogens is 296 g/mol. The fourth-order valence-corrected chi connectivity index (χ4v) is 2.69. The number of ether oxygens (including phenoxy) is 1. The van der Waals surface area contributed by atoms with Crippen LogP contribution in [0.1, 0.15) is 0 Å². The second-order valence-corrected chi connectivity index (χ2v) is 5.43. The first-order valence-corrected chi connectivity index (χ1v) is 7.82. The number of para-hydroxylation sites is 1. The van der Waals surface area contributed by atoms with Crippen molar-refractivity contribution >= 4 is 0 Å². The number of imidazole rings is 1. The molecular formula is C21H16N2O. The van der Waals surface area contributed by atoms with E-state index >= 15 is 0 Å². The Labute approximate surface area is 140 Å². The predicted molar refractivity (Wildman–Crippen MR) is 96.0 cm³/mol. The van der Waals surface area contributed by atoms with Crippen molar-refractivity contribution in [2.24, 2.45) is 0 Å². The highest BCUT2D eigenvalue weighted by Crippen LogP contribution is 2.34. The Morgan fingerprint density at radius 2 is 1.46 bits per heavy atom. The van der Waals surface area contributed by atoms with Gasteiger partial charge in [-0.15, -0.1) is 0 Å². The number of benzene rings is 3. The lowest BCUT2D eigenvalue weighted by Gasteiger charge is -2.12. The number of hydrogen-bond donors (Lipinski definition) is 1. The van der Waals surface area contributed by atoms with Crippen molar-refractivity contribution in [1.82, 2.24) is 9.97 Å². The Morgan fingerprint density at radius 3 is 2.17 bits per heavy atom. The number of hydrogen-bond acceptors (Lipinski definition) is 2. The van der Waals surface area contributed by atoms with E-state index in [1.807, 2.05) is 66.9 Å². The van der Waals surface area contributed by atoms with Crippen LogP contribution in [0, 0.1) is 0 Å². The molecule has 0 radical (unpaired) electrons. The van der Waals surface area contributed by atoms with Crippen LogP contribution in [0.3, 0.4) is 0 Å². The zero-order valence-electron chi connectivity index (χ0n) is 13.0. The van der Waals surface area contributed by atoms with Crippen LogP contribution in [0.5, 0.6) is 11.5 Å². The van der Waals surface area contributed by atoms with Crippen molar-refractivity contribution in [1.29, 1.82) is 0 Å². The van der Waals surface area contributed by atoms with Gasteiger partial charge in [0.25, 0.3) is 0 Å². The summed E-state index contributed by atoms with van der Waals surface area (Å²) in [7, 11) is 0. The average Bonchev–Trinajstić information content (AvgIpc) is 3.18. The molecule has 24 heavy (non-hydrogen) atoms. The molecule has 0 spiro atoms. The Balaban J connectivity index is 1.78. The number of aromatic nitrogens is 2. The third-order valence-corrected chi connectivity index (χ3v) is 3.81. The molecule has 1 aromatic heterocycles. The number of H-pyrrole nitrogens is 1. The van der Waals surface area contributed by atoms with Gasteiger partial charge in [0.1, 0.15) is 17.3 Å². The Bertz CT molecular complexity index is 917. The van der Waals surface area contributed by atoms with Crippen LogP contribution in [0.25, 0.3) is 22.5 Å². The van der Waals surface area contributed by atoms with Crippen LogP contribution in [0.15, 0.2) is 91.3 Å². The predicted octanol–water partition coefficient (Wildman–Crippen LogP) is 5.54. The molecule has 4 aromatic rings. The highest BCUT2D eigenvalue weighted by molar-refractivity contribution is 5.81. The van der Waals surface area contributed by atoms with Crippen molar-refractivity contribution in [3.63, 3.8) is 0 Å². The van der Waals surface area contributed by atoms with Gasteiger partial charge in [0.2, 0.25) is 0 Å². The molecule has 4 rings (SSSR count). The van der Waals surface area contributed by atoms with Gasteiger partial charge in [-0.3, -0.25) is 0 Å². The maximum absolute atomic E-state index is 5.97. The molecule has 0 amide bonds. The van der Waals surface area contributed by atoms with E-state index in [2.05, 4.69) is 28.2 Å². The summed E-state index contributed by atoms with van der Waals surface area (Å²) < 4.78 is 5.97. The van der Waals surface area contributed by atoms with Crippen LogP contribution in [-0.4, -0.2) is 9.97 Å². The van der Waals surface area contributed by atoms with Gasteiger partial charge in [-0.1, -0.05) is 48.5 Å². The largest absolute Gasteiger partial charge is 0.457 e. The average molecular weight is 312 g/mol. The first kappa shape index (κ1) is 14.3. The molecule has 3 heteroatoms. The summed E-state index contributed by atoms with van der Waals surface area (Å²) in [6.45, 7) is 0. The molecule has 0 bridgehead atoms. The normalized spacial score (nSPS) is 10.5. The molecule has 1 N–H and O–H groups in total. The minimum Gasteiger partial charge on any atom is -0.457 e. The van der Waals surface area contributed by atoms with E-state index in [-0.39, 0.29) is 0 Å². The van der Waals surface area contributed by atoms with Gasteiger partial charge in [0.05, 0.1) is 0 Å². The summed E-state index contributed by atoms with van der Waals surface area (Å²) in [6.07, 6.45) is 3.59. The highest BCUT2D eigenvalue weighted by atomic mass is 16.5. The van der Waals surface area contributed by atoms with E-state index in [1.165, 1.54) is 0 Å². The van der Waals surface area contributed by atoms with Crippen LogP contribution >= 0.6 is 0 Å². The van der Waals surface area contributed by atoms with Gasteiger partial charge in [0, 0.05) is 18.0 Å². The van der Waals surface area contributed by atoms with Crippen molar-refractivity contribution in [3.8, 4) is 34.0 Å². The minimum absolute atomic E-state index is 0.785. The molecule has 0 saturated carbocycles. The smallest absolute Gasteiger partial charge is 0.138 e. The third-order valence-electron chi connectivity index (χ3n) is 3.81. The summed E-state index contributed by atoms with van der Waals surface area (Å²) in [5.74, 6) is 2.43. The Kier molecular flexibility index (Phi) is 3.82. The van der Waals surface area contributed by atoms with E-state index < -0.39 is 0 Å². The number of nitrogens with one attached hydrogen (secondary N) is 1. The van der Waals surface area contributed by atoms with Crippen LogP contribution < -0.4 is 4.74 Å². The van der Waals surface area contributed by atoms with E-state index in [9.17, 15) is 0 Å². The van der Waals surface area contributed by atoms with Crippen LogP contribution in [-0.2, 0) is 0 Å². The summed E-state index contributed by atoms with van der Waals surface area (Å²) in [5.41, 5.74) is 3.28. The molecule has 1 heterocycles. The molecule has 0 atom stereocenters. The minimum atomic E-state index is 0.785. The zero-order valence-corrected chi connectivity index (χ0v) is 13.0. The van der Waals surface area contributed by atoms with Crippen molar-refractivity contribution in [2.75, 3.05) is 0 Å². The summed E-state index contributed by atoms with van der Waals surface area (Å²) in [6, 6.07) is 26.1. The topological polar surface area (TPSA) is 37.9 Å². The molecule has 0 fully saturated rings. The van der Waals surface area contributed by atoms with Crippen LogP contribution in [0.2, 0.25) is 0 Å². The van der Waals surface area contributed by atoms with E-state index in [1.54, 1.807) is 6.20 Å². The van der Waals surface area contributed by atoms with Gasteiger partial charge in [-0.2, -0.15) is 0 Å². The van der Waals surface area contributed by atoms with Gasteiger partial charge >= 0.3 is 0 Å². The maximum Gasteiger partial charge on any atom is 0.138 e. The Morgan fingerprint density at radius 1 is 0.708 bits per heavy atom. The number of rotatable bonds is 4. The van der Waals surface area contributed by atoms with Crippen molar-refractivity contribution in [3.05, 3.63) is 91.3 Å². The Hall–Kier alpha value is -3.33. The molecule has 3 aromatic carbocycles. The fraction of sp³-hybridized carbons (Fsp3) is 0. The van der Waals surface area contributed by atoms with Crippen LogP contribution in [0.4, 0.5) is 0 Å². The summed E-state index contributed by atoms with van der Waals surface area (Å²) >= 11 is 0. The van der Waals surface area contributed by atoms with Gasteiger partial charge < -0.3 is 9.72 Å². The van der Waals surface area contributed by atoms with Crippen molar-refractivity contribution in [2.45, 2.75) is 0 Å². The van der Waals surface area contributed by atoms with Gasteiger partial charge in [-0.25, -0.2) is 4.98 Å². The lowest BCUT2D eigenvalue weighted by molar-refractivity contribution is 0.483. The highest BCUT2D eigenvalue weighted by Gasteiger charge is 2.11. The van der Waals surface area contributed by atoms with Crippen molar-refractivity contribution < 1.29 is 4.74 Å². The second-order valence-electron chi connectivity index (χ2n) is 5.43. The molecule has 0 unspecified atom stereocenters. The zero-order chi connectivity index (χ0) is 16.2. The maximum atomic E-state index is 5.97. The monoisotopic (exact) mass is 312 g/mol. The number of nitrogens with zero attached hydrogens (tertiary/aromatic N) is 1.